The molecule has 0 spiro atoms. The summed E-state index contributed by atoms with van der Waals surface area (Å²) in [7, 11) is 0. The van der Waals surface area contributed by atoms with Crippen molar-refractivity contribution < 1.29 is 9.53 Å². The average molecular weight is 430 g/mol. The Morgan fingerprint density at radius 2 is 1.77 bits per heavy atom. The third-order valence-electron chi connectivity index (χ3n) is 4.78. The van der Waals surface area contributed by atoms with Crippen molar-refractivity contribution in [3.8, 4) is 5.75 Å². The van der Waals surface area contributed by atoms with Crippen LogP contribution < -0.4 is 10.1 Å². The lowest BCUT2D eigenvalue weighted by Gasteiger charge is -2.08. The van der Waals surface area contributed by atoms with Gasteiger partial charge in [-0.25, -0.2) is 0 Å². The molecule has 0 saturated carbocycles. The number of benzene rings is 3. The average Bonchev–Trinajstić information content (AvgIpc) is 3.12. The molecule has 4 rings (SSSR count). The highest BCUT2D eigenvalue weighted by Gasteiger charge is 2.30. The Balaban J connectivity index is 1.38. The quantitative estimate of drug-likeness (QED) is 0.436. The molecule has 1 aliphatic rings. The summed E-state index contributed by atoms with van der Waals surface area (Å²) in [5, 5.41) is 11.5. The lowest BCUT2D eigenvalue weighted by molar-refractivity contribution is -0.118. The number of hydrogen-bond donors (Lipinski definition) is 1. The second-order valence-corrected chi connectivity index (χ2v) is 8.44. The van der Waals surface area contributed by atoms with E-state index in [-0.39, 0.29) is 11.2 Å². The van der Waals surface area contributed by atoms with Gasteiger partial charge in [0, 0.05) is 5.56 Å². The first-order valence-corrected chi connectivity index (χ1v) is 11.0. The number of amides is 1. The fourth-order valence-corrected chi connectivity index (χ4v) is 4.20. The Kier molecular flexibility index (Phi) is 6.79. The maximum absolute atomic E-state index is 12.3. The maximum Gasteiger partial charge on any atom is 0.239 e. The fraction of sp³-hybridized carbons (Fsp3) is 0.160. The molecule has 1 N–H and O–H groups in total. The molecule has 0 bridgehead atoms. The lowest BCUT2D eigenvalue weighted by atomic mass is 10.1. The summed E-state index contributed by atoms with van der Waals surface area (Å²) in [5.74, 6) is 0.697. The largest absolute Gasteiger partial charge is 0.488 e. The van der Waals surface area contributed by atoms with Crippen LogP contribution in [0, 0.1) is 6.92 Å². The van der Waals surface area contributed by atoms with Gasteiger partial charge in [0.15, 0.2) is 5.17 Å². The number of aryl methyl sites for hydroxylation is 1. The van der Waals surface area contributed by atoms with Gasteiger partial charge in [-0.05, 0) is 36.6 Å². The molecule has 1 aliphatic heterocycles. The summed E-state index contributed by atoms with van der Waals surface area (Å²) in [6.07, 6.45) is 2.31. The van der Waals surface area contributed by atoms with Gasteiger partial charge in [-0.1, -0.05) is 84.1 Å². The van der Waals surface area contributed by atoms with Crippen LogP contribution in [0.25, 0.3) is 0 Å². The van der Waals surface area contributed by atoms with Crippen molar-refractivity contribution in [1.82, 2.24) is 5.32 Å². The molecule has 3 aromatic carbocycles. The van der Waals surface area contributed by atoms with Crippen molar-refractivity contribution in [2.45, 2.75) is 25.2 Å². The minimum absolute atomic E-state index is 0.0351. The van der Waals surface area contributed by atoms with E-state index in [1.165, 1.54) is 17.3 Å². The number of nitrogens with one attached hydrogen (secondary N) is 1. The van der Waals surface area contributed by atoms with Crippen LogP contribution in [0.15, 0.2) is 89.1 Å². The molecule has 0 aromatic heterocycles. The third kappa shape index (κ3) is 5.83. The van der Waals surface area contributed by atoms with E-state index in [4.69, 9.17) is 4.74 Å². The van der Waals surface area contributed by atoms with Crippen LogP contribution in [0.1, 0.15) is 22.3 Å². The molecule has 0 radical (unpaired) electrons. The number of hydrogen-bond acceptors (Lipinski definition) is 5. The van der Waals surface area contributed by atoms with Gasteiger partial charge in [-0.2, -0.15) is 5.10 Å². The predicted octanol–water partition coefficient (Wildman–Crippen LogP) is 4.74. The van der Waals surface area contributed by atoms with E-state index in [9.17, 15) is 4.79 Å². The van der Waals surface area contributed by atoms with E-state index in [0.717, 1.165) is 22.4 Å². The molecule has 5 nitrogen and oxygen atoms in total. The third-order valence-corrected chi connectivity index (χ3v) is 5.85. The number of amidine groups is 1. The molecule has 6 heteroatoms. The first-order chi connectivity index (χ1) is 15.2. The first kappa shape index (κ1) is 20.9. The van der Waals surface area contributed by atoms with Crippen molar-refractivity contribution in [3.63, 3.8) is 0 Å². The summed E-state index contributed by atoms with van der Waals surface area (Å²) in [6.45, 7) is 2.53. The molecular formula is C25H23N3O2S. The summed E-state index contributed by atoms with van der Waals surface area (Å²) < 4.78 is 5.94. The van der Waals surface area contributed by atoms with Gasteiger partial charge in [-0.3, -0.25) is 4.79 Å². The zero-order valence-corrected chi connectivity index (χ0v) is 18.0. The normalized spacial score (nSPS) is 17.3. The van der Waals surface area contributed by atoms with Gasteiger partial charge in [0.1, 0.15) is 12.4 Å². The zero-order valence-electron chi connectivity index (χ0n) is 17.2. The monoisotopic (exact) mass is 429 g/mol. The number of carbonyl (C=O) groups excluding carboxylic acids is 1. The van der Waals surface area contributed by atoms with Crippen molar-refractivity contribution in [3.05, 3.63) is 101 Å². The van der Waals surface area contributed by atoms with E-state index < -0.39 is 0 Å². The molecular weight excluding hydrogens is 406 g/mol. The second kappa shape index (κ2) is 10.1. The summed E-state index contributed by atoms with van der Waals surface area (Å²) in [5.41, 5.74) is 4.25. The predicted molar refractivity (Wildman–Crippen MR) is 127 cm³/mol. The van der Waals surface area contributed by atoms with Crippen LogP contribution in [0.4, 0.5) is 0 Å². The Labute approximate surface area is 186 Å². The van der Waals surface area contributed by atoms with E-state index in [0.29, 0.717) is 18.2 Å². The Morgan fingerprint density at radius 3 is 2.61 bits per heavy atom. The van der Waals surface area contributed by atoms with Gasteiger partial charge in [0.25, 0.3) is 0 Å². The van der Waals surface area contributed by atoms with Crippen LogP contribution in [-0.4, -0.2) is 22.5 Å². The number of ether oxygens (including phenoxy) is 1. The molecule has 1 atom stereocenters. The van der Waals surface area contributed by atoms with E-state index in [2.05, 4.69) is 21.6 Å². The molecule has 31 heavy (non-hydrogen) atoms. The van der Waals surface area contributed by atoms with Crippen molar-refractivity contribution in [2.75, 3.05) is 0 Å². The highest BCUT2D eigenvalue weighted by atomic mass is 32.2. The topological polar surface area (TPSA) is 63.1 Å². The summed E-state index contributed by atoms with van der Waals surface area (Å²) >= 11 is 1.41. The number of carbonyl (C=O) groups is 1. The number of thioether (sulfide) groups is 1. The zero-order chi connectivity index (χ0) is 21.5. The Hall–Kier alpha value is -3.38. The second-order valence-electron chi connectivity index (χ2n) is 7.25. The van der Waals surface area contributed by atoms with Crippen LogP contribution in [0.3, 0.4) is 0 Å². The molecule has 1 amide bonds. The highest BCUT2D eigenvalue weighted by Crippen LogP contribution is 2.24. The van der Waals surface area contributed by atoms with E-state index in [1.807, 2.05) is 79.7 Å². The van der Waals surface area contributed by atoms with Crippen LogP contribution in [0.2, 0.25) is 0 Å². The molecule has 156 valence electrons. The number of nitrogens with zero attached hydrogens (tertiary/aromatic N) is 2. The standard InChI is InChI=1S/C25H23N3O2S/c1-18-8-7-11-20(14-18)15-23-24(29)27-25(31-23)28-26-16-21-12-5-6-13-22(21)30-17-19-9-3-2-4-10-19/h2-14,16,23H,15,17H2,1H3,(H,27,28,29)/b26-16+. The molecule has 1 unspecified atom stereocenters. The lowest BCUT2D eigenvalue weighted by Crippen LogP contribution is -2.25. The van der Waals surface area contributed by atoms with Gasteiger partial charge in [-0.15, -0.1) is 5.10 Å². The van der Waals surface area contributed by atoms with Gasteiger partial charge >= 0.3 is 0 Å². The summed E-state index contributed by atoms with van der Waals surface area (Å²) in [4.78, 5) is 12.3. The van der Waals surface area contributed by atoms with Crippen LogP contribution in [-0.2, 0) is 17.8 Å². The van der Waals surface area contributed by atoms with Crippen LogP contribution >= 0.6 is 11.8 Å². The van der Waals surface area contributed by atoms with Gasteiger partial charge in [0.2, 0.25) is 5.91 Å². The van der Waals surface area contributed by atoms with E-state index >= 15 is 0 Å². The van der Waals surface area contributed by atoms with Crippen molar-refractivity contribution in [1.29, 1.82) is 0 Å². The van der Waals surface area contributed by atoms with Gasteiger partial charge < -0.3 is 10.1 Å². The molecule has 3 aromatic rings. The number of rotatable bonds is 7. The molecule has 1 saturated heterocycles. The Bertz CT molecular complexity index is 1110. The maximum atomic E-state index is 12.3. The number of para-hydroxylation sites is 1. The minimum Gasteiger partial charge on any atom is -0.488 e. The van der Waals surface area contributed by atoms with Crippen molar-refractivity contribution in [2.24, 2.45) is 10.2 Å². The summed E-state index contributed by atoms with van der Waals surface area (Å²) in [6, 6.07) is 25.9. The SMILES string of the molecule is Cc1cccc(CC2S/C(=N/N=C/c3ccccc3OCc3ccccc3)NC2=O)c1. The Morgan fingerprint density at radius 1 is 1.00 bits per heavy atom. The van der Waals surface area contributed by atoms with E-state index in [1.54, 1.807) is 6.21 Å². The smallest absolute Gasteiger partial charge is 0.239 e. The molecule has 0 aliphatic carbocycles. The first-order valence-electron chi connectivity index (χ1n) is 10.1. The van der Waals surface area contributed by atoms with Crippen LogP contribution in [0.5, 0.6) is 5.75 Å². The van der Waals surface area contributed by atoms with Crippen molar-refractivity contribution >= 4 is 29.1 Å². The molecule has 1 fully saturated rings. The highest BCUT2D eigenvalue weighted by molar-refractivity contribution is 8.15. The van der Waals surface area contributed by atoms with Gasteiger partial charge in [0.05, 0.1) is 11.5 Å². The fourth-order valence-electron chi connectivity index (χ4n) is 3.24. The molecule has 1 heterocycles. The minimum atomic E-state index is -0.197.